The van der Waals surface area contributed by atoms with E-state index in [-0.39, 0.29) is 5.54 Å². The molecule has 5 nitrogen and oxygen atoms in total. The summed E-state index contributed by atoms with van der Waals surface area (Å²) >= 11 is 0. The second-order valence-electron chi connectivity index (χ2n) is 5.90. The highest BCUT2D eigenvalue weighted by atomic mass is 16.4. The second-order valence-corrected chi connectivity index (χ2v) is 5.90. The van der Waals surface area contributed by atoms with Gasteiger partial charge in [0, 0.05) is 18.8 Å². The van der Waals surface area contributed by atoms with Crippen LogP contribution in [-0.4, -0.2) is 40.0 Å². The van der Waals surface area contributed by atoms with Crippen LogP contribution in [0.2, 0.25) is 0 Å². The van der Waals surface area contributed by atoms with Gasteiger partial charge in [0.1, 0.15) is 0 Å². The number of pyridine rings is 1. The molecule has 4 heterocycles. The third kappa shape index (κ3) is 1.80. The van der Waals surface area contributed by atoms with E-state index in [0.29, 0.717) is 11.7 Å². The van der Waals surface area contributed by atoms with Crippen molar-refractivity contribution in [2.45, 2.75) is 37.3 Å². The molecule has 1 aliphatic carbocycles. The van der Waals surface area contributed by atoms with Gasteiger partial charge in [0.15, 0.2) is 5.58 Å². The van der Waals surface area contributed by atoms with E-state index in [0.717, 1.165) is 18.2 Å². The molecular formula is C14H18N4O. The average molecular weight is 258 g/mol. The van der Waals surface area contributed by atoms with Crippen LogP contribution in [0.5, 0.6) is 0 Å². The number of likely N-dealkylation sites (N-methyl/N-ethyl adjacent to an activating group) is 1. The molecular weight excluding hydrogens is 240 g/mol. The number of anilines is 1. The van der Waals surface area contributed by atoms with Gasteiger partial charge in [-0.25, -0.2) is 4.98 Å². The summed E-state index contributed by atoms with van der Waals surface area (Å²) in [6, 6.07) is 5.16. The number of rotatable bonds is 2. The molecule has 3 fully saturated rings. The molecule has 0 spiro atoms. The van der Waals surface area contributed by atoms with Crippen LogP contribution in [0.4, 0.5) is 6.01 Å². The normalized spacial score (nSPS) is 30.9. The summed E-state index contributed by atoms with van der Waals surface area (Å²) in [5.41, 5.74) is 1.56. The molecule has 2 bridgehead atoms. The Morgan fingerprint density at radius 2 is 2.26 bits per heavy atom. The number of hydrogen-bond donors (Lipinski definition) is 1. The number of fused-ring (bicyclic) bond motifs is 4. The molecule has 2 aromatic rings. The van der Waals surface area contributed by atoms with E-state index in [1.54, 1.807) is 6.20 Å². The first-order chi connectivity index (χ1) is 9.24. The SMILES string of the molecule is CN1CC2(Nc3nc4ncccc4o3)CCC1CC2. The van der Waals surface area contributed by atoms with Gasteiger partial charge < -0.3 is 14.6 Å². The fraction of sp³-hybridized carbons (Fsp3) is 0.571. The summed E-state index contributed by atoms with van der Waals surface area (Å²) in [4.78, 5) is 11.1. The van der Waals surface area contributed by atoms with Gasteiger partial charge in [-0.3, -0.25) is 0 Å². The predicted molar refractivity (Wildman–Crippen MR) is 73.0 cm³/mol. The third-order valence-electron chi connectivity index (χ3n) is 4.62. The summed E-state index contributed by atoms with van der Waals surface area (Å²) in [5, 5.41) is 3.54. The van der Waals surface area contributed by atoms with Crippen LogP contribution in [0.3, 0.4) is 0 Å². The van der Waals surface area contributed by atoms with Crippen LogP contribution in [0, 0.1) is 0 Å². The van der Waals surface area contributed by atoms with Gasteiger partial charge in [0.05, 0.1) is 5.54 Å². The Balaban J connectivity index is 1.63. The van der Waals surface area contributed by atoms with Gasteiger partial charge in [0.2, 0.25) is 5.65 Å². The van der Waals surface area contributed by atoms with Crippen molar-refractivity contribution in [3.05, 3.63) is 18.3 Å². The van der Waals surface area contributed by atoms with Crippen molar-refractivity contribution in [2.24, 2.45) is 0 Å². The maximum absolute atomic E-state index is 5.75. The van der Waals surface area contributed by atoms with Crippen LogP contribution in [0.25, 0.3) is 11.2 Å². The van der Waals surface area contributed by atoms with Crippen molar-refractivity contribution in [3.63, 3.8) is 0 Å². The van der Waals surface area contributed by atoms with E-state index in [4.69, 9.17) is 4.42 Å². The highest BCUT2D eigenvalue weighted by Crippen LogP contribution is 2.39. The summed E-state index contributed by atoms with van der Waals surface area (Å²) in [5.74, 6) is 0. The zero-order valence-electron chi connectivity index (χ0n) is 11.1. The van der Waals surface area contributed by atoms with Crippen molar-refractivity contribution >= 4 is 17.2 Å². The van der Waals surface area contributed by atoms with E-state index in [2.05, 4.69) is 27.2 Å². The molecule has 19 heavy (non-hydrogen) atoms. The summed E-state index contributed by atoms with van der Waals surface area (Å²) in [6.07, 6.45) is 6.68. The minimum Gasteiger partial charge on any atom is -0.422 e. The maximum atomic E-state index is 5.75. The lowest BCUT2D eigenvalue weighted by molar-refractivity contribution is 0.0610. The molecule has 0 amide bonds. The van der Waals surface area contributed by atoms with Crippen LogP contribution < -0.4 is 5.32 Å². The highest BCUT2D eigenvalue weighted by molar-refractivity contribution is 5.69. The predicted octanol–water partition coefficient (Wildman–Crippen LogP) is 2.26. The Bertz CT molecular complexity index is 567. The molecule has 0 radical (unpaired) electrons. The van der Waals surface area contributed by atoms with Crippen LogP contribution in [-0.2, 0) is 0 Å². The van der Waals surface area contributed by atoms with E-state index >= 15 is 0 Å². The molecule has 0 unspecified atom stereocenters. The Hall–Kier alpha value is -1.62. The Morgan fingerprint density at radius 1 is 1.42 bits per heavy atom. The molecule has 2 aliphatic heterocycles. The number of nitrogens with one attached hydrogen (secondary N) is 1. The van der Waals surface area contributed by atoms with Gasteiger partial charge in [-0.15, -0.1) is 0 Å². The lowest BCUT2D eigenvalue weighted by atomic mass is 9.74. The van der Waals surface area contributed by atoms with Crippen molar-refractivity contribution < 1.29 is 4.42 Å². The number of aromatic nitrogens is 2. The first-order valence-electron chi connectivity index (χ1n) is 6.94. The number of hydrogen-bond acceptors (Lipinski definition) is 5. The Labute approximate surface area is 112 Å². The maximum Gasteiger partial charge on any atom is 0.297 e. The molecule has 100 valence electrons. The Kier molecular flexibility index (Phi) is 2.33. The first kappa shape index (κ1) is 11.2. The number of nitrogens with zero attached hydrogens (tertiary/aromatic N) is 3. The van der Waals surface area contributed by atoms with Gasteiger partial charge >= 0.3 is 0 Å². The van der Waals surface area contributed by atoms with E-state index in [1.807, 2.05) is 12.1 Å². The summed E-state index contributed by atoms with van der Waals surface area (Å²) < 4.78 is 5.75. The molecule has 2 saturated heterocycles. The van der Waals surface area contributed by atoms with Crippen LogP contribution in [0.1, 0.15) is 25.7 Å². The monoisotopic (exact) mass is 258 g/mol. The van der Waals surface area contributed by atoms with Gasteiger partial charge in [-0.05, 0) is 44.9 Å². The third-order valence-corrected chi connectivity index (χ3v) is 4.62. The fourth-order valence-corrected chi connectivity index (χ4v) is 3.57. The quantitative estimate of drug-likeness (QED) is 0.895. The largest absolute Gasteiger partial charge is 0.422 e. The minimum atomic E-state index is 0.129. The molecule has 0 atom stereocenters. The van der Waals surface area contributed by atoms with Gasteiger partial charge in [-0.2, -0.15) is 4.98 Å². The van der Waals surface area contributed by atoms with Gasteiger partial charge in [0.25, 0.3) is 6.01 Å². The fourth-order valence-electron chi connectivity index (χ4n) is 3.57. The molecule has 0 aromatic carbocycles. The molecule has 1 N–H and O–H groups in total. The minimum absolute atomic E-state index is 0.129. The lowest BCUT2D eigenvalue weighted by Crippen LogP contribution is -2.60. The molecule has 1 saturated carbocycles. The van der Waals surface area contributed by atoms with E-state index in [9.17, 15) is 0 Å². The standard InChI is InChI=1S/C14H18N4O/c1-18-9-14(6-4-10(18)5-7-14)17-13-16-12-11(19-13)3-2-8-15-12/h2-3,8,10H,4-7,9H2,1H3,(H,15,16,17). The number of oxazole rings is 1. The van der Waals surface area contributed by atoms with Crippen molar-refractivity contribution in [2.75, 3.05) is 18.9 Å². The van der Waals surface area contributed by atoms with Gasteiger partial charge in [-0.1, -0.05) is 0 Å². The summed E-state index contributed by atoms with van der Waals surface area (Å²) in [7, 11) is 2.22. The molecule has 5 heteroatoms. The molecule has 5 rings (SSSR count). The van der Waals surface area contributed by atoms with E-state index in [1.165, 1.54) is 25.7 Å². The zero-order valence-corrected chi connectivity index (χ0v) is 11.1. The molecule has 3 aliphatic rings. The topological polar surface area (TPSA) is 54.2 Å². The average Bonchev–Trinajstić information content (AvgIpc) is 2.81. The van der Waals surface area contributed by atoms with Crippen molar-refractivity contribution in [1.82, 2.24) is 14.9 Å². The lowest BCUT2D eigenvalue weighted by Gasteiger charge is -2.51. The number of piperidine rings is 2. The van der Waals surface area contributed by atoms with Crippen LogP contribution in [0.15, 0.2) is 22.7 Å². The van der Waals surface area contributed by atoms with E-state index < -0.39 is 0 Å². The smallest absolute Gasteiger partial charge is 0.297 e. The zero-order chi connectivity index (χ0) is 12.9. The van der Waals surface area contributed by atoms with Crippen LogP contribution >= 0.6 is 0 Å². The molecule has 2 aromatic heterocycles. The van der Waals surface area contributed by atoms with Crippen molar-refractivity contribution in [3.8, 4) is 0 Å². The highest BCUT2D eigenvalue weighted by Gasteiger charge is 2.44. The second kappa shape index (κ2) is 3.93. The van der Waals surface area contributed by atoms with Crippen molar-refractivity contribution in [1.29, 1.82) is 0 Å². The summed E-state index contributed by atoms with van der Waals surface area (Å²) in [6.45, 7) is 1.07. The first-order valence-corrected chi connectivity index (χ1v) is 6.94. The Morgan fingerprint density at radius 3 is 3.00 bits per heavy atom.